The van der Waals surface area contributed by atoms with Gasteiger partial charge in [0.1, 0.15) is 24.0 Å². The van der Waals surface area contributed by atoms with Crippen molar-refractivity contribution in [2.24, 2.45) is 0 Å². The first-order valence-electron chi connectivity index (χ1n) is 10.1. The van der Waals surface area contributed by atoms with Crippen molar-refractivity contribution in [3.8, 4) is 5.75 Å². The van der Waals surface area contributed by atoms with Crippen LogP contribution in [0.15, 0.2) is 36.0 Å². The predicted octanol–water partition coefficient (Wildman–Crippen LogP) is 2.28. The molecule has 6 heteroatoms. The molecule has 150 valence electrons. The van der Waals surface area contributed by atoms with Crippen LogP contribution in [0.25, 0.3) is 0 Å². The summed E-state index contributed by atoms with van der Waals surface area (Å²) in [5.41, 5.74) is 3.98. The van der Waals surface area contributed by atoms with E-state index < -0.39 is 6.10 Å². The number of aliphatic hydroxyl groups is 1. The first kappa shape index (κ1) is 21.5. The summed E-state index contributed by atoms with van der Waals surface area (Å²) in [6, 6.07) is 9.89. The fourth-order valence-electron chi connectivity index (χ4n) is 3.16. The number of ether oxygens (including phenoxy) is 1. The van der Waals surface area contributed by atoms with E-state index in [4.69, 9.17) is 4.74 Å². The number of nitrogens with zero attached hydrogens (tertiary/aromatic N) is 1. The molecule has 0 amide bonds. The molecule has 0 saturated carbocycles. The molecule has 1 aliphatic rings. The Morgan fingerprint density at radius 1 is 1.30 bits per heavy atom. The standard InChI is InChI=1S/C21H33N3O3/c1-2-12-23-24-14-11-18(15-19(24)16-25)22-13-7-6-8-20(26)17-27-21-9-4-3-5-10-21/h3-5,9-10,18,20,22-23,26H,2,6-8,11-15,17H2,1H3. The lowest BCUT2D eigenvalue weighted by atomic mass is 10.0. The van der Waals surface area contributed by atoms with E-state index in [0.717, 1.165) is 57.5 Å². The van der Waals surface area contributed by atoms with E-state index >= 15 is 0 Å². The second-order valence-corrected chi connectivity index (χ2v) is 7.03. The molecule has 0 bridgehead atoms. The van der Waals surface area contributed by atoms with Crippen molar-refractivity contribution >= 4 is 5.94 Å². The summed E-state index contributed by atoms with van der Waals surface area (Å²) in [7, 11) is 0. The lowest BCUT2D eigenvalue weighted by molar-refractivity contribution is 0.0975. The summed E-state index contributed by atoms with van der Waals surface area (Å²) in [6.45, 7) is 5.04. The third-order valence-electron chi connectivity index (χ3n) is 4.72. The van der Waals surface area contributed by atoms with Crippen molar-refractivity contribution in [2.75, 3.05) is 26.2 Å². The van der Waals surface area contributed by atoms with Crippen LogP contribution in [0.3, 0.4) is 0 Å². The second-order valence-electron chi connectivity index (χ2n) is 7.03. The summed E-state index contributed by atoms with van der Waals surface area (Å²) in [5.74, 6) is 2.87. The van der Waals surface area contributed by atoms with Gasteiger partial charge in [-0.05, 0) is 50.8 Å². The number of hydrogen-bond donors (Lipinski definition) is 3. The van der Waals surface area contributed by atoms with Gasteiger partial charge in [0, 0.05) is 25.6 Å². The third kappa shape index (κ3) is 8.14. The van der Waals surface area contributed by atoms with Gasteiger partial charge in [-0.15, -0.1) is 0 Å². The number of aliphatic hydroxyl groups excluding tert-OH is 1. The number of piperidine rings is 1. The number of hydrazine groups is 1. The Morgan fingerprint density at radius 2 is 2.11 bits per heavy atom. The Morgan fingerprint density at radius 3 is 2.85 bits per heavy atom. The molecular formula is C21H33N3O3. The normalized spacial score (nSPS) is 18.2. The Labute approximate surface area is 162 Å². The van der Waals surface area contributed by atoms with Gasteiger partial charge in [0.25, 0.3) is 0 Å². The van der Waals surface area contributed by atoms with E-state index in [0.29, 0.717) is 24.8 Å². The Kier molecular flexibility index (Phi) is 9.95. The molecule has 0 spiro atoms. The van der Waals surface area contributed by atoms with Crippen molar-refractivity contribution in [3.63, 3.8) is 0 Å². The van der Waals surface area contributed by atoms with Crippen LogP contribution in [0.1, 0.15) is 45.4 Å². The number of hydrogen-bond acceptors (Lipinski definition) is 6. The van der Waals surface area contributed by atoms with Crippen molar-refractivity contribution in [1.82, 2.24) is 15.8 Å². The minimum Gasteiger partial charge on any atom is -0.491 e. The van der Waals surface area contributed by atoms with E-state index in [1.807, 2.05) is 35.3 Å². The molecule has 1 saturated heterocycles. The van der Waals surface area contributed by atoms with Crippen LogP contribution in [0.2, 0.25) is 0 Å². The maximum atomic E-state index is 11.2. The Balaban J connectivity index is 1.54. The van der Waals surface area contributed by atoms with Gasteiger partial charge >= 0.3 is 0 Å². The zero-order chi connectivity index (χ0) is 19.3. The van der Waals surface area contributed by atoms with Gasteiger partial charge in [-0.25, -0.2) is 10.2 Å². The molecule has 6 nitrogen and oxygen atoms in total. The number of carbonyl (C=O) groups excluding carboxylic acids is 1. The van der Waals surface area contributed by atoms with E-state index in [-0.39, 0.29) is 0 Å². The molecular weight excluding hydrogens is 342 g/mol. The molecule has 2 unspecified atom stereocenters. The average Bonchev–Trinajstić information content (AvgIpc) is 2.71. The van der Waals surface area contributed by atoms with Crippen LogP contribution in [0.5, 0.6) is 5.75 Å². The van der Waals surface area contributed by atoms with Crippen LogP contribution in [0, 0.1) is 0 Å². The van der Waals surface area contributed by atoms with Crippen LogP contribution in [-0.4, -0.2) is 54.4 Å². The van der Waals surface area contributed by atoms with Crippen LogP contribution in [0.4, 0.5) is 0 Å². The third-order valence-corrected chi connectivity index (χ3v) is 4.72. The highest BCUT2D eigenvalue weighted by atomic mass is 16.5. The zero-order valence-electron chi connectivity index (χ0n) is 16.3. The van der Waals surface area contributed by atoms with Gasteiger partial charge in [0.15, 0.2) is 0 Å². The summed E-state index contributed by atoms with van der Waals surface area (Å²) < 4.78 is 5.57. The molecule has 1 aromatic rings. The van der Waals surface area contributed by atoms with E-state index in [9.17, 15) is 9.90 Å². The Hall–Kier alpha value is -1.85. The van der Waals surface area contributed by atoms with Gasteiger partial charge < -0.3 is 20.2 Å². The number of nitrogens with one attached hydrogen (secondary N) is 2. The molecule has 1 aliphatic heterocycles. The van der Waals surface area contributed by atoms with Crippen LogP contribution < -0.4 is 15.5 Å². The predicted molar refractivity (Wildman–Crippen MR) is 107 cm³/mol. The number of rotatable bonds is 12. The molecule has 0 aliphatic carbocycles. The SMILES string of the molecule is CCCNN1CCC(NCCCCC(O)COc2ccccc2)CC1=C=O. The van der Waals surface area contributed by atoms with E-state index in [1.54, 1.807) is 0 Å². The Bertz CT molecular complexity index is 575. The van der Waals surface area contributed by atoms with Crippen LogP contribution >= 0.6 is 0 Å². The highest BCUT2D eigenvalue weighted by Gasteiger charge is 2.23. The first-order chi connectivity index (χ1) is 13.2. The number of benzene rings is 1. The van der Waals surface area contributed by atoms with Gasteiger partial charge in [-0.3, -0.25) is 0 Å². The molecule has 3 N–H and O–H groups in total. The highest BCUT2D eigenvalue weighted by molar-refractivity contribution is 5.52. The van der Waals surface area contributed by atoms with Crippen LogP contribution in [-0.2, 0) is 4.79 Å². The fraction of sp³-hybridized carbons (Fsp3) is 0.619. The summed E-state index contributed by atoms with van der Waals surface area (Å²) in [6.07, 6.45) is 4.99. The van der Waals surface area contributed by atoms with Gasteiger partial charge in [0.05, 0.1) is 6.10 Å². The molecule has 1 fully saturated rings. The summed E-state index contributed by atoms with van der Waals surface area (Å²) in [4.78, 5) is 11.2. The average molecular weight is 376 g/mol. The quantitative estimate of drug-likeness (QED) is 0.384. The zero-order valence-corrected chi connectivity index (χ0v) is 16.3. The summed E-state index contributed by atoms with van der Waals surface area (Å²) >= 11 is 0. The fourth-order valence-corrected chi connectivity index (χ4v) is 3.16. The first-order valence-corrected chi connectivity index (χ1v) is 10.1. The topological polar surface area (TPSA) is 73.8 Å². The molecule has 1 aromatic carbocycles. The molecule has 2 rings (SSSR count). The van der Waals surface area contributed by atoms with Gasteiger partial charge in [0.2, 0.25) is 0 Å². The molecule has 0 aromatic heterocycles. The minimum absolute atomic E-state index is 0.326. The monoisotopic (exact) mass is 375 g/mol. The molecule has 2 atom stereocenters. The maximum Gasteiger partial charge on any atom is 0.147 e. The minimum atomic E-state index is -0.442. The van der Waals surface area contributed by atoms with Crippen molar-refractivity contribution in [3.05, 3.63) is 36.0 Å². The highest BCUT2D eigenvalue weighted by Crippen LogP contribution is 2.17. The largest absolute Gasteiger partial charge is 0.491 e. The van der Waals surface area contributed by atoms with Crippen molar-refractivity contribution in [1.29, 1.82) is 0 Å². The van der Waals surface area contributed by atoms with Crippen molar-refractivity contribution < 1.29 is 14.6 Å². The van der Waals surface area contributed by atoms with Gasteiger partial charge in [-0.1, -0.05) is 25.1 Å². The lowest BCUT2D eigenvalue weighted by Crippen LogP contribution is -2.47. The molecule has 1 heterocycles. The van der Waals surface area contributed by atoms with Crippen molar-refractivity contribution in [2.45, 2.75) is 57.6 Å². The lowest BCUT2D eigenvalue weighted by Gasteiger charge is -2.34. The molecule has 27 heavy (non-hydrogen) atoms. The van der Waals surface area contributed by atoms with E-state index in [1.165, 1.54) is 0 Å². The second kappa shape index (κ2) is 12.5. The summed E-state index contributed by atoms with van der Waals surface area (Å²) in [5, 5.41) is 15.5. The smallest absolute Gasteiger partial charge is 0.147 e. The van der Waals surface area contributed by atoms with Gasteiger partial charge in [-0.2, -0.15) is 0 Å². The molecule has 0 radical (unpaired) electrons. The number of unbranched alkanes of at least 4 members (excludes halogenated alkanes) is 1. The maximum absolute atomic E-state index is 11.2. The number of para-hydroxylation sites is 1. The van der Waals surface area contributed by atoms with E-state index in [2.05, 4.69) is 23.6 Å².